The average molecular weight is 375 g/mol. The van der Waals surface area contributed by atoms with Crippen molar-refractivity contribution >= 4 is 17.7 Å². The Kier molecular flexibility index (Phi) is 6.36. The van der Waals surface area contributed by atoms with E-state index in [1.165, 1.54) is 0 Å². The Morgan fingerprint density at radius 1 is 0.964 bits per heavy atom. The summed E-state index contributed by atoms with van der Waals surface area (Å²) in [5.74, 6) is -0.176. The fourth-order valence-corrected chi connectivity index (χ4v) is 2.54. The third-order valence-electron chi connectivity index (χ3n) is 4.14. The van der Waals surface area contributed by atoms with Crippen molar-refractivity contribution in [3.05, 3.63) is 95.3 Å². The first kappa shape index (κ1) is 19.1. The molecule has 0 aliphatic carbocycles. The molecule has 0 spiro atoms. The normalized spacial score (nSPS) is 10.2. The molecular weight excluding hydrogens is 354 g/mol. The van der Waals surface area contributed by atoms with E-state index in [0.29, 0.717) is 12.1 Å². The van der Waals surface area contributed by atoms with Crippen LogP contribution in [-0.4, -0.2) is 17.0 Å². The van der Waals surface area contributed by atoms with Gasteiger partial charge in [0.2, 0.25) is 0 Å². The minimum Gasteiger partial charge on any atom is -0.445 e. The largest absolute Gasteiger partial charge is 0.445 e. The second-order valence-corrected chi connectivity index (χ2v) is 6.26. The van der Waals surface area contributed by atoms with Crippen LogP contribution >= 0.6 is 0 Å². The van der Waals surface area contributed by atoms with Crippen molar-refractivity contribution in [3.8, 4) is 0 Å². The molecule has 1 heterocycles. The number of hydrogen-bond acceptors (Lipinski definition) is 4. The highest BCUT2D eigenvalue weighted by Gasteiger charge is 2.08. The van der Waals surface area contributed by atoms with E-state index in [0.717, 1.165) is 22.4 Å². The summed E-state index contributed by atoms with van der Waals surface area (Å²) >= 11 is 0. The summed E-state index contributed by atoms with van der Waals surface area (Å²) in [6, 6.07) is 18.3. The number of hydrogen-bond donors (Lipinski definition) is 2. The molecule has 3 aromatic rings. The number of nitrogens with zero attached hydrogens (tertiary/aromatic N) is 1. The monoisotopic (exact) mass is 375 g/mol. The van der Waals surface area contributed by atoms with Crippen molar-refractivity contribution in [1.29, 1.82) is 0 Å². The van der Waals surface area contributed by atoms with Crippen molar-refractivity contribution in [2.75, 3.05) is 5.32 Å². The molecule has 0 fully saturated rings. The van der Waals surface area contributed by atoms with Crippen LogP contribution in [-0.2, 0) is 17.9 Å². The summed E-state index contributed by atoms with van der Waals surface area (Å²) in [4.78, 5) is 28.1. The van der Waals surface area contributed by atoms with Crippen LogP contribution in [0.4, 0.5) is 10.5 Å². The Morgan fingerprint density at radius 2 is 1.75 bits per heavy atom. The van der Waals surface area contributed by atoms with Gasteiger partial charge in [0.1, 0.15) is 6.61 Å². The van der Waals surface area contributed by atoms with Crippen molar-refractivity contribution in [2.24, 2.45) is 0 Å². The molecule has 2 N–H and O–H groups in total. The summed E-state index contributed by atoms with van der Waals surface area (Å²) in [6.45, 7) is 2.42. The molecule has 0 atom stereocenters. The van der Waals surface area contributed by atoms with Gasteiger partial charge >= 0.3 is 6.09 Å². The molecule has 0 aliphatic rings. The molecule has 1 aromatic heterocycles. The topological polar surface area (TPSA) is 80.3 Å². The maximum atomic E-state index is 12.4. The maximum Gasteiger partial charge on any atom is 0.407 e. The van der Waals surface area contributed by atoms with Gasteiger partial charge in [0.25, 0.3) is 5.91 Å². The van der Waals surface area contributed by atoms with Crippen LogP contribution in [0.15, 0.2) is 73.1 Å². The summed E-state index contributed by atoms with van der Waals surface area (Å²) in [7, 11) is 0. The van der Waals surface area contributed by atoms with E-state index >= 15 is 0 Å². The standard InChI is InChI=1S/C22H21N3O3/c1-16-5-2-3-7-20(16)25-21(26)19-10-8-17(9-11-19)14-24-22(27)28-15-18-6-4-12-23-13-18/h2-13H,14-15H2,1H3,(H,24,27)(H,25,26). The Bertz CT molecular complexity index is 941. The highest BCUT2D eigenvalue weighted by Crippen LogP contribution is 2.15. The number of benzene rings is 2. The summed E-state index contributed by atoms with van der Waals surface area (Å²) in [6.07, 6.45) is 2.80. The highest BCUT2D eigenvalue weighted by molar-refractivity contribution is 6.04. The number of pyridine rings is 1. The number of carbonyl (C=O) groups excluding carboxylic acids is 2. The molecule has 0 bridgehead atoms. The average Bonchev–Trinajstić information content (AvgIpc) is 2.73. The Balaban J connectivity index is 1.48. The van der Waals surface area contributed by atoms with Crippen LogP contribution in [0, 0.1) is 6.92 Å². The van der Waals surface area contributed by atoms with Crippen molar-refractivity contribution in [2.45, 2.75) is 20.1 Å². The van der Waals surface area contributed by atoms with E-state index in [1.807, 2.05) is 37.3 Å². The fraction of sp³-hybridized carbons (Fsp3) is 0.136. The quantitative estimate of drug-likeness (QED) is 0.681. The lowest BCUT2D eigenvalue weighted by Gasteiger charge is -2.09. The third-order valence-corrected chi connectivity index (χ3v) is 4.14. The molecule has 0 saturated heterocycles. The van der Waals surface area contributed by atoms with E-state index in [2.05, 4.69) is 15.6 Å². The van der Waals surface area contributed by atoms with Gasteiger partial charge in [-0.3, -0.25) is 9.78 Å². The molecule has 6 heteroatoms. The van der Waals surface area contributed by atoms with Gasteiger partial charge < -0.3 is 15.4 Å². The van der Waals surface area contributed by atoms with Gasteiger partial charge in [-0.05, 0) is 42.3 Å². The van der Waals surface area contributed by atoms with E-state index < -0.39 is 6.09 Å². The summed E-state index contributed by atoms with van der Waals surface area (Å²) in [5, 5.41) is 5.58. The van der Waals surface area contributed by atoms with Gasteiger partial charge in [-0.25, -0.2) is 4.79 Å². The number of alkyl carbamates (subject to hydrolysis) is 1. The van der Waals surface area contributed by atoms with Crippen LogP contribution in [0.2, 0.25) is 0 Å². The number of rotatable bonds is 6. The third kappa shape index (κ3) is 5.41. The fourth-order valence-electron chi connectivity index (χ4n) is 2.54. The van der Waals surface area contributed by atoms with E-state index in [9.17, 15) is 9.59 Å². The first-order valence-corrected chi connectivity index (χ1v) is 8.87. The number of amides is 2. The Morgan fingerprint density at radius 3 is 2.46 bits per heavy atom. The predicted octanol–water partition coefficient (Wildman–Crippen LogP) is 4.07. The van der Waals surface area contributed by atoms with Crippen molar-refractivity contribution < 1.29 is 14.3 Å². The SMILES string of the molecule is Cc1ccccc1NC(=O)c1ccc(CNC(=O)OCc2cccnc2)cc1. The van der Waals surface area contributed by atoms with Gasteiger partial charge in [-0.15, -0.1) is 0 Å². The molecule has 6 nitrogen and oxygen atoms in total. The van der Waals surface area contributed by atoms with E-state index in [1.54, 1.807) is 42.7 Å². The molecule has 2 amide bonds. The first-order valence-electron chi connectivity index (χ1n) is 8.87. The zero-order valence-corrected chi connectivity index (χ0v) is 15.5. The lowest BCUT2D eigenvalue weighted by atomic mass is 10.1. The number of para-hydroxylation sites is 1. The zero-order valence-electron chi connectivity index (χ0n) is 15.5. The second kappa shape index (κ2) is 9.32. The van der Waals surface area contributed by atoms with Crippen LogP contribution in [0.5, 0.6) is 0 Å². The predicted molar refractivity (Wildman–Crippen MR) is 107 cm³/mol. The minimum absolute atomic E-state index is 0.164. The lowest BCUT2D eigenvalue weighted by Crippen LogP contribution is -2.23. The van der Waals surface area contributed by atoms with Gasteiger partial charge in [0.05, 0.1) is 0 Å². The number of aryl methyl sites for hydroxylation is 1. The summed E-state index contributed by atoms with van der Waals surface area (Å²) < 4.78 is 5.14. The molecule has 0 aliphatic heterocycles. The molecule has 3 rings (SSSR count). The van der Waals surface area contributed by atoms with Crippen LogP contribution in [0.1, 0.15) is 27.0 Å². The van der Waals surface area contributed by atoms with Gasteiger partial charge in [-0.1, -0.05) is 36.4 Å². The van der Waals surface area contributed by atoms with Crippen LogP contribution in [0.25, 0.3) is 0 Å². The number of nitrogens with one attached hydrogen (secondary N) is 2. The minimum atomic E-state index is -0.509. The first-order chi connectivity index (χ1) is 13.6. The lowest BCUT2D eigenvalue weighted by molar-refractivity contribution is 0.102. The highest BCUT2D eigenvalue weighted by atomic mass is 16.5. The van der Waals surface area contributed by atoms with Crippen molar-refractivity contribution in [1.82, 2.24) is 10.3 Å². The molecule has 0 saturated carbocycles. The summed E-state index contributed by atoms with van der Waals surface area (Å²) in [5.41, 5.74) is 4.02. The molecule has 0 radical (unpaired) electrons. The zero-order chi connectivity index (χ0) is 19.8. The molecule has 2 aromatic carbocycles. The number of carbonyl (C=O) groups is 2. The van der Waals surface area contributed by atoms with Gasteiger partial charge in [0.15, 0.2) is 0 Å². The number of aromatic nitrogens is 1. The number of anilines is 1. The van der Waals surface area contributed by atoms with E-state index in [-0.39, 0.29) is 12.5 Å². The number of ether oxygens (including phenoxy) is 1. The Hall–Kier alpha value is -3.67. The molecule has 28 heavy (non-hydrogen) atoms. The Labute approximate surface area is 163 Å². The smallest absolute Gasteiger partial charge is 0.407 e. The van der Waals surface area contributed by atoms with Crippen molar-refractivity contribution in [3.63, 3.8) is 0 Å². The van der Waals surface area contributed by atoms with Gasteiger partial charge in [-0.2, -0.15) is 0 Å². The van der Waals surface area contributed by atoms with Crippen LogP contribution in [0.3, 0.4) is 0 Å². The van der Waals surface area contributed by atoms with Crippen LogP contribution < -0.4 is 10.6 Å². The van der Waals surface area contributed by atoms with E-state index in [4.69, 9.17) is 4.74 Å². The molecule has 142 valence electrons. The molecular formula is C22H21N3O3. The molecule has 0 unspecified atom stereocenters. The second-order valence-electron chi connectivity index (χ2n) is 6.26. The maximum absolute atomic E-state index is 12.4. The van der Waals surface area contributed by atoms with Gasteiger partial charge in [0, 0.05) is 35.8 Å².